The zero-order valence-corrected chi connectivity index (χ0v) is 12.6. The van der Waals surface area contributed by atoms with Gasteiger partial charge in [-0.05, 0) is 12.5 Å². The molecule has 1 N–H and O–H groups in total. The topological polar surface area (TPSA) is 54.9 Å². The van der Waals surface area contributed by atoms with Crippen LogP contribution >= 0.6 is 0 Å². The number of hydrogen-bond acceptors (Lipinski definition) is 3. The molecule has 0 saturated heterocycles. The molecule has 1 aromatic heterocycles. The molecule has 4 heteroatoms. The molecule has 0 aliphatic carbocycles. The molecule has 1 aromatic rings. The highest BCUT2D eigenvalue weighted by atomic mass is 16.1. The van der Waals surface area contributed by atoms with Gasteiger partial charge in [-0.3, -0.25) is 4.79 Å². The molecule has 0 aliphatic rings. The van der Waals surface area contributed by atoms with Gasteiger partial charge in [0.05, 0.1) is 0 Å². The van der Waals surface area contributed by atoms with Crippen molar-refractivity contribution in [3.63, 3.8) is 0 Å². The molecule has 0 fully saturated rings. The number of carbonyl (C=O) groups excluding carboxylic acids is 1. The first-order valence-corrected chi connectivity index (χ1v) is 7.88. The molecule has 1 rings (SSSR count). The molecular formula is C16H27N3O. The van der Waals surface area contributed by atoms with Crippen LogP contribution in [0.25, 0.3) is 0 Å². The number of carbonyl (C=O) groups is 1. The van der Waals surface area contributed by atoms with Gasteiger partial charge >= 0.3 is 0 Å². The van der Waals surface area contributed by atoms with E-state index in [9.17, 15) is 4.79 Å². The van der Waals surface area contributed by atoms with Crippen molar-refractivity contribution < 1.29 is 4.79 Å². The van der Waals surface area contributed by atoms with E-state index in [1.54, 1.807) is 12.3 Å². The molecule has 0 saturated carbocycles. The number of rotatable bonds is 11. The molecule has 1 amide bonds. The molecule has 20 heavy (non-hydrogen) atoms. The summed E-state index contributed by atoms with van der Waals surface area (Å²) in [4.78, 5) is 19.4. The van der Waals surface area contributed by atoms with Crippen molar-refractivity contribution in [3.8, 4) is 0 Å². The Balaban J connectivity index is 1.92. The lowest BCUT2D eigenvalue weighted by Gasteiger charge is -2.04. The zero-order valence-electron chi connectivity index (χ0n) is 12.6. The Morgan fingerprint density at radius 3 is 2.30 bits per heavy atom. The minimum Gasteiger partial charge on any atom is -0.311 e. The summed E-state index contributed by atoms with van der Waals surface area (Å²) in [5, 5.41) is 2.78. The fourth-order valence-electron chi connectivity index (χ4n) is 2.17. The van der Waals surface area contributed by atoms with Crippen LogP contribution < -0.4 is 5.32 Å². The maximum absolute atomic E-state index is 11.6. The van der Waals surface area contributed by atoms with E-state index in [2.05, 4.69) is 22.2 Å². The van der Waals surface area contributed by atoms with Crippen LogP contribution in [-0.2, 0) is 4.79 Å². The van der Waals surface area contributed by atoms with Gasteiger partial charge in [0.1, 0.15) is 12.1 Å². The first-order valence-electron chi connectivity index (χ1n) is 7.88. The normalized spacial score (nSPS) is 10.4. The predicted molar refractivity (Wildman–Crippen MR) is 82.5 cm³/mol. The van der Waals surface area contributed by atoms with Gasteiger partial charge in [0.25, 0.3) is 0 Å². The fourth-order valence-corrected chi connectivity index (χ4v) is 2.17. The van der Waals surface area contributed by atoms with Crippen molar-refractivity contribution in [2.45, 2.75) is 71.1 Å². The van der Waals surface area contributed by atoms with Gasteiger partial charge < -0.3 is 5.32 Å². The van der Waals surface area contributed by atoms with Crippen molar-refractivity contribution >= 4 is 11.7 Å². The quantitative estimate of drug-likeness (QED) is 0.612. The number of nitrogens with zero attached hydrogens (tertiary/aromatic N) is 2. The van der Waals surface area contributed by atoms with Crippen LogP contribution in [0.3, 0.4) is 0 Å². The molecule has 0 aromatic carbocycles. The monoisotopic (exact) mass is 277 g/mol. The largest absolute Gasteiger partial charge is 0.311 e. The van der Waals surface area contributed by atoms with Crippen LogP contribution in [0.1, 0.15) is 71.1 Å². The molecule has 112 valence electrons. The standard InChI is InChI=1S/C16H27N3O/c1-2-3-4-5-6-7-8-9-10-11-16(20)19-15-12-13-17-14-18-15/h12-14H,2-11H2,1H3,(H,17,18,19,20). The average molecular weight is 277 g/mol. The van der Waals surface area contributed by atoms with Gasteiger partial charge in [0.2, 0.25) is 5.91 Å². The maximum Gasteiger partial charge on any atom is 0.225 e. The van der Waals surface area contributed by atoms with Crippen LogP contribution in [0.5, 0.6) is 0 Å². The van der Waals surface area contributed by atoms with E-state index < -0.39 is 0 Å². The minimum atomic E-state index is 0.0478. The molecule has 4 nitrogen and oxygen atoms in total. The zero-order chi connectivity index (χ0) is 14.5. The van der Waals surface area contributed by atoms with Crippen LogP contribution in [0.4, 0.5) is 5.82 Å². The Morgan fingerprint density at radius 2 is 1.70 bits per heavy atom. The van der Waals surface area contributed by atoms with Gasteiger partial charge in [-0.2, -0.15) is 0 Å². The lowest BCUT2D eigenvalue weighted by Crippen LogP contribution is -2.12. The summed E-state index contributed by atoms with van der Waals surface area (Å²) < 4.78 is 0. The number of hydrogen-bond donors (Lipinski definition) is 1. The minimum absolute atomic E-state index is 0.0478. The summed E-state index contributed by atoms with van der Waals surface area (Å²) in [6, 6.07) is 1.70. The van der Waals surface area contributed by atoms with E-state index in [0.29, 0.717) is 12.2 Å². The molecule has 0 aliphatic heterocycles. The highest BCUT2D eigenvalue weighted by Crippen LogP contribution is 2.11. The average Bonchev–Trinajstić information content (AvgIpc) is 2.46. The number of aromatic nitrogens is 2. The SMILES string of the molecule is CCCCCCCCCCCC(=O)Nc1ccncn1. The van der Waals surface area contributed by atoms with Crippen molar-refractivity contribution in [2.75, 3.05) is 5.32 Å². The first-order chi connectivity index (χ1) is 9.83. The number of nitrogens with one attached hydrogen (secondary N) is 1. The van der Waals surface area contributed by atoms with E-state index in [0.717, 1.165) is 12.8 Å². The lowest BCUT2D eigenvalue weighted by molar-refractivity contribution is -0.116. The van der Waals surface area contributed by atoms with Gasteiger partial charge in [-0.15, -0.1) is 0 Å². The summed E-state index contributed by atoms with van der Waals surface area (Å²) >= 11 is 0. The van der Waals surface area contributed by atoms with Crippen molar-refractivity contribution in [1.29, 1.82) is 0 Å². The van der Waals surface area contributed by atoms with E-state index in [1.165, 1.54) is 51.3 Å². The van der Waals surface area contributed by atoms with Crippen molar-refractivity contribution in [3.05, 3.63) is 18.6 Å². The van der Waals surface area contributed by atoms with E-state index in [-0.39, 0.29) is 5.91 Å². The molecular weight excluding hydrogens is 250 g/mol. The van der Waals surface area contributed by atoms with Crippen LogP contribution in [0.2, 0.25) is 0 Å². The summed E-state index contributed by atoms with van der Waals surface area (Å²) in [6.07, 6.45) is 15.0. The number of amides is 1. The predicted octanol–water partition coefficient (Wildman–Crippen LogP) is 4.34. The molecule has 0 unspecified atom stereocenters. The molecule has 0 atom stereocenters. The molecule has 0 radical (unpaired) electrons. The Kier molecular flexibility index (Phi) is 9.45. The smallest absolute Gasteiger partial charge is 0.225 e. The maximum atomic E-state index is 11.6. The second kappa shape index (κ2) is 11.4. The van der Waals surface area contributed by atoms with Crippen molar-refractivity contribution in [1.82, 2.24) is 9.97 Å². The Hall–Kier alpha value is -1.45. The Morgan fingerprint density at radius 1 is 1.05 bits per heavy atom. The number of anilines is 1. The van der Waals surface area contributed by atoms with Gasteiger partial charge in [-0.25, -0.2) is 9.97 Å². The van der Waals surface area contributed by atoms with Crippen LogP contribution in [-0.4, -0.2) is 15.9 Å². The highest BCUT2D eigenvalue weighted by Gasteiger charge is 2.02. The summed E-state index contributed by atoms with van der Waals surface area (Å²) in [6.45, 7) is 2.24. The van der Waals surface area contributed by atoms with Crippen molar-refractivity contribution in [2.24, 2.45) is 0 Å². The summed E-state index contributed by atoms with van der Waals surface area (Å²) in [7, 11) is 0. The van der Waals surface area contributed by atoms with Crippen LogP contribution in [0.15, 0.2) is 18.6 Å². The highest BCUT2D eigenvalue weighted by molar-refractivity contribution is 5.89. The van der Waals surface area contributed by atoms with E-state index in [1.807, 2.05) is 0 Å². The Bertz CT molecular complexity index is 354. The molecule has 1 heterocycles. The van der Waals surface area contributed by atoms with Gasteiger partial charge in [-0.1, -0.05) is 58.3 Å². The first kappa shape index (κ1) is 16.6. The third-order valence-corrected chi connectivity index (χ3v) is 3.36. The third kappa shape index (κ3) is 8.62. The van der Waals surface area contributed by atoms with Crippen LogP contribution in [0, 0.1) is 0 Å². The second-order valence-electron chi connectivity index (χ2n) is 5.22. The second-order valence-corrected chi connectivity index (χ2v) is 5.22. The summed E-state index contributed by atoms with van der Waals surface area (Å²) in [5.41, 5.74) is 0. The third-order valence-electron chi connectivity index (χ3n) is 3.36. The molecule has 0 bridgehead atoms. The van der Waals surface area contributed by atoms with Gasteiger partial charge in [0.15, 0.2) is 0 Å². The summed E-state index contributed by atoms with van der Waals surface area (Å²) in [5.74, 6) is 0.632. The number of unbranched alkanes of at least 4 members (excludes halogenated alkanes) is 8. The Labute approximate surface area is 122 Å². The van der Waals surface area contributed by atoms with Gasteiger partial charge in [0, 0.05) is 12.6 Å². The molecule has 0 spiro atoms. The fraction of sp³-hybridized carbons (Fsp3) is 0.688. The van der Waals surface area contributed by atoms with E-state index >= 15 is 0 Å². The lowest BCUT2D eigenvalue weighted by atomic mass is 10.1. The van der Waals surface area contributed by atoms with E-state index in [4.69, 9.17) is 0 Å².